The number of para-hydroxylation sites is 1. The van der Waals surface area contributed by atoms with E-state index >= 15 is 0 Å². The molecule has 0 aliphatic heterocycles. The minimum atomic E-state index is 0.653. The predicted octanol–water partition coefficient (Wildman–Crippen LogP) is 5.50. The summed E-state index contributed by atoms with van der Waals surface area (Å²) in [6.45, 7) is 0. The molecule has 0 atom stereocenters. The summed E-state index contributed by atoms with van der Waals surface area (Å²) < 4.78 is 1.16. The Bertz CT molecular complexity index is 993. The van der Waals surface area contributed by atoms with Crippen molar-refractivity contribution >= 4 is 21.6 Å². The summed E-state index contributed by atoms with van der Waals surface area (Å²) in [5, 5.41) is 10.3. The molecule has 0 aliphatic rings. The SMILES string of the molecule is N#Cc1cc(-c2ccccc2)cc(-c2nc3ccccc3s2)c1. The first kappa shape index (κ1) is 13.7. The predicted molar refractivity (Wildman–Crippen MR) is 95.2 cm³/mol. The molecule has 0 saturated carbocycles. The van der Waals surface area contributed by atoms with E-state index in [1.807, 2.05) is 48.5 Å². The lowest BCUT2D eigenvalue weighted by Gasteiger charge is -2.05. The molecule has 0 amide bonds. The summed E-state index contributed by atoms with van der Waals surface area (Å²) in [5.41, 5.74) is 4.78. The molecular formula is C20H12N2S. The summed E-state index contributed by atoms with van der Waals surface area (Å²) in [4.78, 5) is 4.70. The van der Waals surface area contributed by atoms with Crippen molar-refractivity contribution in [2.24, 2.45) is 0 Å². The van der Waals surface area contributed by atoms with Crippen molar-refractivity contribution in [2.45, 2.75) is 0 Å². The Balaban J connectivity index is 1.90. The number of nitrogens with zero attached hydrogens (tertiary/aromatic N) is 2. The first-order valence-corrected chi connectivity index (χ1v) is 8.12. The number of benzene rings is 3. The van der Waals surface area contributed by atoms with Gasteiger partial charge in [0.2, 0.25) is 0 Å². The zero-order chi connectivity index (χ0) is 15.6. The van der Waals surface area contributed by atoms with Crippen LogP contribution < -0.4 is 0 Å². The van der Waals surface area contributed by atoms with Crippen LogP contribution in [0.5, 0.6) is 0 Å². The Morgan fingerprint density at radius 2 is 1.52 bits per heavy atom. The monoisotopic (exact) mass is 312 g/mol. The normalized spacial score (nSPS) is 10.6. The van der Waals surface area contributed by atoms with Gasteiger partial charge in [-0.2, -0.15) is 5.26 Å². The molecule has 0 radical (unpaired) electrons. The lowest BCUT2D eigenvalue weighted by Crippen LogP contribution is -1.84. The van der Waals surface area contributed by atoms with Gasteiger partial charge in [-0.25, -0.2) is 4.98 Å². The molecule has 4 rings (SSSR count). The van der Waals surface area contributed by atoms with Crippen LogP contribution in [0.4, 0.5) is 0 Å². The minimum absolute atomic E-state index is 0.653. The Morgan fingerprint density at radius 3 is 2.30 bits per heavy atom. The molecule has 0 unspecified atom stereocenters. The Kier molecular flexibility index (Phi) is 3.38. The molecule has 0 fully saturated rings. The van der Waals surface area contributed by atoms with Crippen LogP contribution in [0.2, 0.25) is 0 Å². The molecule has 108 valence electrons. The topological polar surface area (TPSA) is 36.7 Å². The zero-order valence-electron chi connectivity index (χ0n) is 12.2. The molecule has 3 heteroatoms. The average Bonchev–Trinajstić information content (AvgIpc) is 3.06. The number of aromatic nitrogens is 1. The number of nitriles is 1. The van der Waals surface area contributed by atoms with Crippen LogP contribution in [-0.4, -0.2) is 4.98 Å². The highest BCUT2D eigenvalue weighted by molar-refractivity contribution is 7.21. The maximum atomic E-state index is 9.35. The van der Waals surface area contributed by atoms with E-state index in [1.165, 1.54) is 0 Å². The quantitative estimate of drug-likeness (QED) is 0.490. The maximum Gasteiger partial charge on any atom is 0.124 e. The molecule has 0 spiro atoms. The zero-order valence-corrected chi connectivity index (χ0v) is 13.0. The van der Waals surface area contributed by atoms with Gasteiger partial charge < -0.3 is 0 Å². The fourth-order valence-corrected chi connectivity index (χ4v) is 3.56. The van der Waals surface area contributed by atoms with Crippen LogP contribution in [0.3, 0.4) is 0 Å². The summed E-state index contributed by atoms with van der Waals surface area (Å²) in [6.07, 6.45) is 0. The van der Waals surface area contributed by atoms with Gasteiger partial charge >= 0.3 is 0 Å². The van der Waals surface area contributed by atoms with Crippen LogP contribution in [-0.2, 0) is 0 Å². The highest BCUT2D eigenvalue weighted by Crippen LogP contribution is 2.33. The Morgan fingerprint density at radius 1 is 0.783 bits per heavy atom. The van der Waals surface area contributed by atoms with E-state index < -0.39 is 0 Å². The molecule has 1 aromatic heterocycles. The van der Waals surface area contributed by atoms with Crippen molar-refractivity contribution in [1.82, 2.24) is 4.98 Å². The fraction of sp³-hybridized carbons (Fsp3) is 0. The van der Waals surface area contributed by atoms with Crippen molar-refractivity contribution in [1.29, 1.82) is 5.26 Å². The molecule has 0 bridgehead atoms. The van der Waals surface area contributed by atoms with Gasteiger partial charge in [0.05, 0.1) is 21.8 Å². The summed E-state index contributed by atoms with van der Waals surface area (Å²) >= 11 is 1.65. The molecule has 0 N–H and O–H groups in total. The highest BCUT2D eigenvalue weighted by Gasteiger charge is 2.09. The van der Waals surface area contributed by atoms with Crippen LogP contribution in [0.25, 0.3) is 31.9 Å². The summed E-state index contributed by atoms with van der Waals surface area (Å²) in [6, 6.07) is 26.4. The largest absolute Gasteiger partial charge is 0.236 e. The fourth-order valence-electron chi connectivity index (χ4n) is 2.61. The number of hydrogen-bond donors (Lipinski definition) is 0. The van der Waals surface area contributed by atoms with E-state index in [2.05, 4.69) is 30.3 Å². The van der Waals surface area contributed by atoms with E-state index in [0.717, 1.165) is 31.9 Å². The number of thiazole rings is 1. The third-order valence-corrected chi connectivity index (χ3v) is 4.80. The first-order valence-electron chi connectivity index (χ1n) is 7.30. The molecule has 1 heterocycles. The van der Waals surface area contributed by atoms with Gasteiger partial charge in [-0.15, -0.1) is 11.3 Å². The first-order chi connectivity index (χ1) is 11.3. The van der Waals surface area contributed by atoms with Crippen molar-refractivity contribution in [3.05, 3.63) is 78.4 Å². The third-order valence-electron chi connectivity index (χ3n) is 3.71. The summed E-state index contributed by atoms with van der Waals surface area (Å²) in [5.74, 6) is 0. The van der Waals surface area contributed by atoms with Crippen LogP contribution >= 0.6 is 11.3 Å². The minimum Gasteiger partial charge on any atom is -0.236 e. The van der Waals surface area contributed by atoms with E-state index in [0.29, 0.717) is 5.56 Å². The Labute approximate surface area is 138 Å². The van der Waals surface area contributed by atoms with E-state index in [-0.39, 0.29) is 0 Å². The van der Waals surface area contributed by atoms with Crippen molar-refractivity contribution in [3.8, 4) is 27.8 Å². The second-order valence-electron chi connectivity index (χ2n) is 5.26. The smallest absolute Gasteiger partial charge is 0.124 e. The molecule has 0 aliphatic carbocycles. The second-order valence-corrected chi connectivity index (χ2v) is 6.29. The molecular weight excluding hydrogens is 300 g/mol. The lowest BCUT2D eigenvalue weighted by atomic mass is 10.0. The van der Waals surface area contributed by atoms with Gasteiger partial charge in [-0.1, -0.05) is 42.5 Å². The highest BCUT2D eigenvalue weighted by atomic mass is 32.1. The van der Waals surface area contributed by atoms with Crippen molar-refractivity contribution in [3.63, 3.8) is 0 Å². The molecule has 2 nitrogen and oxygen atoms in total. The number of fused-ring (bicyclic) bond motifs is 1. The van der Waals surface area contributed by atoms with Gasteiger partial charge in [0, 0.05) is 5.56 Å². The third kappa shape index (κ3) is 2.61. The van der Waals surface area contributed by atoms with E-state index in [1.54, 1.807) is 11.3 Å². The van der Waals surface area contributed by atoms with Gasteiger partial charge in [0.15, 0.2) is 0 Å². The van der Waals surface area contributed by atoms with Crippen molar-refractivity contribution in [2.75, 3.05) is 0 Å². The van der Waals surface area contributed by atoms with E-state index in [4.69, 9.17) is 4.98 Å². The molecule has 3 aromatic carbocycles. The lowest BCUT2D eigenvalue weighted by molar-refractivity contribution is 1.45. The molecule has 0 saturated heterocycles. The molecule has 4 aromatic rings. The number of rotatable bonds is 2. The van der Waals surface area contributed by atoms with Gasteiger partial charge in [0.1, 0.15) is 5.01 Å². The van der Waals surface area contributed by atoms with Crippen LogP contribution in [0.15, 0.2) is 72.8 Å². The Hall–Kier alpha value is -2.96. The second kappa shape index (κ2) is 5.68. The van der Waals surface area contributed by atoms with Crippen molar-refractivity contribution < 1.29 is 0 Å². The maximum absolute atomic E-state index is 9.35. The van der Waals surface area contributed by atoms with Gasteiger partial charge in [-0.05, 0) is 41.5 Å². The van der Waals surface area contributed by atoms with Gasteiger partial charge in [0.25, 0.3) is 0 Å². The standard InChI is InChI=1S/C20H12N2S/c21-13-14-10-16(15-6-2-1-3-7-15)12-17(11-14)20-22-18-8-4-5-9-19(18)23-20/h1-12H. The number of hydrogen-bond acceptors (Lipinski definition) is 3. The van der Waals surface area contributed by atoms with Crippen LogP contribution in [0.1, 0.15) is 5.56 Å². The average molecular weight is 312 g/mol. The van der Waals surface area contributed by atoms with Crippen LogP contribution in [0, 0.1) is 11.3 Å². The summed E-state index contributed by atoms with van der Waals surface area (Å²) in [7, 11) is 0. The molecule has 23 heavy (non-hydrogen) atoms. The van der Waals surface area contributed by atoms with Gasteiger partial charge in [-0.3, -0.25) is 0 Å². The van der Waals surface area contributed by atoms with E-state index in [9.17, 15) is 5.26 Å².